The van der Waals surface area contributed by atoms with E-state index in [0.29, 0.717) is 19.0 Å². The third-order valence-corrected chi connectivity index (χ3v) is 2.21. The smallest absolute Gasteiger partial charge is 0.223 e. The molecule has 0 aliphatic heterocycles. The van der Waals surface area contributed by atoms with Crippen molar-refractivity contribution in [1.82, 2.24) is 10.2 Å². The molecule has 2 N–H and O–H groups in total. The SMILES string of the molecule is CC(C)NCCC(=O)N(C)C(C)CO. The minimum absolute atomic E-state index is 0.0137. The summed E-state index contributed by atoms with van der Waals surface area (Å²) >= 11 is 0. The Kier molecular flexibility index (Phi) is 6.49. The van der Waals surface area contributed by atoms with Crippen molar-refractivity contribution in [3.05, 3.63) is 0 Å². The Hall–Kier alpha value is -0.610. The van der Waals surface area contributed by atoms with Gasteiger partial charge in [-0.2, -0.15) is 0 Å². The maximum absolute atomic E-state index is 11.5. The Morgan fingerprint density at radius 1 is 1.43 bits per heavy atom. The molecule has 0 aromatic carbocycles. The average molecular weight is 202 g/mol. The summed E-state index contributed by atoms with van der Waals surface area (Å²) in [6, 6.07) is 0.310. The van der Waals surface area contributed by atoms with Crippen molar-refractivity contribution in [3.63, 3.8) is 0 Å². The van der Waals surface area contributed by atoms with Gasteiger partial charge in [0, 0.05) is 26.1 Å². The van der Waals surface area contributed by atoms with Crippen LogP contribution in [0.4, 0.5) is 0 Å². The quantitative estimate of drug-likeness (QED) is 0.647. The highest BCUT2D eigenvalue weighted by atomic mass is 16.3. The molecule has 0 aromatic rings. The molecular formula is C10H22N2O2. The molecule has 0 aliphatic rings. The molecule has 0 rings (SSSR count). The van der Waals surface area contributed by atoms with Crippen LogP contribution >= 0.6 is 0 Å². The van der Waals surface area contributed by atoms with Gasteiger partial charge in [0.1, 0.15) is 0 Å². The summed E-state index contributed by atoms with van der Waals surface area (Å²) in [6.07, 6.45) is 0.485. The van der Waals surface area contributed by atoms with Crippen molar-refractivity contribution in [1.29, 1.82) is 0 Å². The highest BCUT2D eigenvalue weighted by Gasteiger charge is 2.13. The standard InChI is InChI=1S/C10H22N2O2/c1-8(2)11-6-5-10(14)12(4)9(3)7-13/h8-9,11,13H,5-7H2,1-4H3. The van der Waals surface area contributed by atoms with Crippen LogP contribution in [0.5, 0.6) is 0 Å². The molecule has 0 aliphatic carbocycles. The monoisotopic (exact) mass is 202 g/mol. The average Bonchev–Trinajstić information content (AvgIpc) is 2.14. The highest BCUT2D eigenvalue weighted by Crippen LogP contribution is 1.97. The Bertz CT molecular complexity index is 172. The van der Waals surface area contributed by atoms with Crippen LogP contribution in [0, 0.1) is 0 Å². The Morgan fingerprint density at radius 3 is 2.43 bits per heavy atom. The fraction of sp³-hybridized carbons (Fsp3) is 0.900. The first-order chi connectivity index (χ1) is 6.49. The molecule has 0 spiro atoms. The number of carbonyl (C=O) groups is 1. The number of hydrogen-bond acceptors (Lipinski definition) is 3. The lowest BCUT2D eigenvalue weighted by Crippen LogP contribution is -2.39. The third-order valence-electron chi connectivity index (χ3n) is 2.21. The number of nitrogens with one attached hydrogen (secondary N) is 1. The number of rotatable bonds is 6. The van der Waals surface area contributed by atoms with E-state index >= 15 is 0 Å². The molecule has 4 nitrogen and oxygen atoms in total. The Balaban J connectivity index is 3.73. The van der Waals surface area contributed by atoms with Crippen LogP contribution in [-0.4, -0.2) is 48.2 Å². The molecular weight excluding hydrogens is 180 g/mol. The van der Waals surface area contributed by atoms with Crippen molar-refractivity contribution in [2.75, 3.05) is 20.2 Å². The first kappa shape index (κ1) is 13.4. The second kappa shape index (κ2) is 6.79. The van der Waals surface area contributed by atoms with Crippen LogP contribution in [0.25, 0.3) is 0 Å². The number of hydrogen-bond donors (Lipinski definition) is 2. The number of aliphatic hydroxyl groups is 1. The lowest BCUT2D eigenvalue weighted by atomic mass is 10.2. The van der Waals surface area contributed by atoms with Gasteiger partial charge in [0.25, 0.3) is 0 Å². The van der Waals surface area contributed by atoms with E-state index < -0.39 is 0 Å². The van der Waals surface area contributed by atoms with Gasteiger partial charge in [-0.25, -0.2) is 0 Å². The van der Waals surface area contributed by atoms with Crippen molar-refractivity contribution in [2.24, 2.45) is 0 Å². The predicted octanol–water partition coefficient (Wildman–Crippen LogP) is 0.214. The van der Waals surface area contributed by atoms with Crippen LogP contribution in [0.3, 0.4) is 0 Å². The molecule has 1 amide bonds. The predicted molar refractivity (Wildman–Crippen MR) is 57.1 cm³/mol. The van der Waals surface area contributed by atoms with Crippen molar-refractivity contribution in [3.8, 4) is 0 Å². The molecule has 1 unspecified atom stereocenters. The molecule has 0 saturated carbocycles. The second-order valence-corrected chi connectivity index (χ2v) is 3.90. The molecule has 14 heavy (non-hydrogen) atoms. The summed E-state index contributed by atoms with van der Waals surface area (Å²) in [5.41, 5.74) is 0. The zero-order chi connectivity index (χ0) is 11.1. The molecule has 0 saturated heterocycles. The minimum atomic E-state index is -0.0958. The van der Waals surface area contributed by atoms with Crippen LogP contribution in [0.2, 0.25) is 0 Å². The van der Waals surface area contributed by atoms with E-state index in [0.717, 1.165) is 0 Å². The van der Waals surface area contributed by atoms with Gasteiger partial charge in [0.2, 0.25) is 5.91 Å². The third kappa shape index (κ3) is 5.19. The summed E-state index contributed by atoms with van der Waals surface area (Å²) in [5, 5.41) is 12.0. The fourth-order valence-electron chi connectivity index (χ4n) is 1.01. The van der Waals surface area contributed by atoms with E-state index in [1.54, 1.807) is 11.9 Å². The van der Waals surface area contributed by atoms with Crippen molar-refractivity contribution in [2.45, 2.75) is 39.3 Å². The van der Waals surface area contributed by atoms with Crippen LogP contribution in [0.15, 0.2) is 0 Å². The maximum atomic E-state index is 11.5. The van der Waals surface area contributed by atoms with E-state index in [2.05, 4.69) is 5.32 Å². The minimum Gasteiger partial charge on any atom is -0.394 e. The first-order valence-corrected chi connectivity index (χ1v) is 5.09. The van der Waals surface area contributed by atoms with E-state index in [4.69, 9.17) is 5.11 Å². The molecule has 0 bridgehead atoms. The van der Waals surface area contributed by atoms with Crippen LogP contribution < -0.4 is 5.32 Å². The molecule has 0 radical (unpaired) electrons. The summed E-state index contributed by atoms with van der Waals surface area (Å²) in [6.45, 7) is 6.63. The number of carbonyl (C=O) groups excluding carboxylic acids is 1. The van der Waals surface area contributed by atoms with E-state index in [1.807, 2.05) is 20.8 Å². The summed E-state index contributed by atoms with van der Waals surface area (Å²) < 4.78 is 0. The lowest BCUT2D eigenvalue weighted by Gasteiger charge is -2.23. The maximum Gasteiger partial charge on any atom is 0.223 e. The Labute approximate surface area is 86.3 Å². The topological polar surface area (TPSA) is 52.6 Å². The molecule has 0 heterocycles. The number of likely N-dealkylation sites (N-methyl/N-ethyl adjacent to an activating group) is 1. The normalized spacial score (nSPS) is 13.0. The Morgan fingerprint density at radius 2 is 2.00 bits per heavy atom. The van der Waals surface area contributed by atoms with Gasteiger partial charge in [-0.15, -0.1) is 0 Å². The molecule has 4 heteroatoms. The van der Waals surface area contributed by atoms with Gasteiger partial charge < -0.3 is 15.3 Å². The van der Waals surface area contributed by atoms with Gasteiger partial charge >= 0.3 is 0 Å². The first-order valence-electron chi connectivity index (χ1n) is 5.09. The molecule has 84 valence electrons. The van der Waals surface area contributed by atoms with Gasteiger partial charge in [-0.05, 0) is 6.92 Å². The van der Waals surface area contributed by atoms with E-state index in [-0.39, 0.29) is 18.6 Å². The van der Waals surface area contributed by atoms with Crippen LogP contribution in [0.1, 0.15) is 27.2 Å². The van der Waals surface area contributed by atoms with Gasteiger partial charge in [-0.1, -0.05) is 13.8 Å². The van der Waals surface area contributed by atoms with Crippen LogP contribution in [-0.2, 0) is 4.79 Å². The zero-order valence-electron chi connectivity index (χ0n) is 9.58. The zero-order valence-corrected chi connectivity index (χ0v) is 9.58. The van der Waals surface area contributed by atoms with Crippen molar-refractivity contribution < 1.29 is 9.90 Å². The molecule has 0 fully saturated rings. The van der Waals surface area contributed by atoms with E-state index in [9.17, 15) is 4.79 Å². The summed E-state index contributed by atoms with van der Waals surface area (Å²) in [7, 11) is 1.72. The van der Waals surface area contributed by atoms with Gasteiger partial charge in [-0.3, -0.25) is 4.79 Å². The van der Waals surface area contributed by atoms with Gasteiger partial charge in [0.05, 0.1) is 12.6 Å². The highest BCUT2D eigenvalue weighted by molar-refractivity contribution is 5.76. The lowest BCUT2D eigenvalue weighted by molar-refractivity contribution is -0.132. The number of aliphatic hydroxyl groups excluding tert-OH is 1. The van der Waals surface area contributed by atoms with Gasteiger partial charge in [0.15, 0.2) is 0 Å². The fourth-order valence-corrected chi connectivity index (χ4v) is 1.01. The number of nitrogens with zero attached hydrogens (tertiary/aromatic N) is 1. The summed E-state index contributed by atoms with van der Waals surface area (Å²) in [5.74, 6) is 0.0692. The molecule has 0 aromatic heterocycles. The number of amides is 1. The summed E-state index contributed by atoms with van der Waals surface area (Å²) in [4.78, 5) is 13.1. The molecule has 1 atom stereocenters. The largest absolute Gasteiger partial charge is 0.394 e. The van der Waals surface area contributed by atoms with E-state index in [1.165, 1.54) is 0 Å². The second-order valence-electron chi connectivity index (χ2n) is 3.90. The van der Waals surface area contributed by atoms with Crippen molar-refractivity contribution >= 4 is 5.91 Å².